The van der Waals surface area contributed by atoms with Gasteiger partial charge < -0.3 is 24.7 Å². The summed E-state index contributed by atoms with van der Waals surface area (Å²) in [5.41, 5.74) is 2.32. The van der Waals surface area contributed by atoms with Gasteiger partial charge in [0.25, 0.3) is 11.5 Å². The molecule has 0 saturated carbocycles. The number of rotatable bonds is 8. The van der Waals surface area contributed by atoms with Gasteiger partial charge in [-0.2, -0.15) is 13.9 Å². The fourth-order valence-electron chi connectivity index (χ4n) is 4.93. The van der Waals surface area contributed by atoms with Gasteiger partial charge in [0.05, 0.1) is 36.6 Å². The maximum atomic E-state index is 13.8. The van der Waals surface area contributed by atoms with E-state index in [1.807, 2.05) is 13.8 Å². The third-order valence-corrected chi connectivity index (χ3v) is 6.69. The average Bonchev–Trinajstić information content (AvgIpc) is 3.29. The summed E-state index contributed by atoms with van der Waals surface area (Å²) in [5, 5.41) is 7.25. The molecule has 36 heavy (non-hydrogen) atoms. The zero-order chi connectivity index (χ0) is 26.0. The second kappa shape index (κ2) is 10.7. The molecule has 4 rings (SSSR count). The lowest BCUT2D eigenvalue weighted by Gasteiger charge is -2.37. The Bertz CT molecular complexity index is 1310. The first-order valence-corrected chi connectivity index (χ1v) is 11.9. The van der Waals surface area contributed by atoms with Crippen LogP contribution in [0.5, 0.6) is 5.75 Å². The van der Waals surface area contributed by atoms with Gasteiger partial charge in [0.2, 0.25) is 0 Å². The van der Waals surface area contributed by atoms with Crippen molar-refractivity contribution in [3.05, 3.63) is 51.1 Å². The van der Waals surface area contributed by atoms with Crippen LogP contribution in [-0.2, 0) is 11.3 Å². The Morgan fingerprint density at radius 1 is 1.33 bits per heavy atom. The van der Waals surface area contributed by atoms with Crippen molar-refractivity contribution in [3.8, 4) is 5.75 Å². The number of hydrogen-bond donors (Lipinski definition) is 2. The number of pyridine rings is 1. The van der Waals surface area contributed by atoms with E-state index >= 15 is 0 Å². The van der Waals surface area contributed by atoms with Crippen molar-refractivity contribution in [3.63, 3.8) is 0 Å². The van der Waals surface area contributed by atoms with Gasteiger partial charge >= 0.3 is 6.55 Å². The molecule has 1 saturated heterocycles. The molecule has 1 fully saturated rings. The predicted octanol–water partition coefficient (Wildman–Crippen LogP) is 3.68. The van der Waals surface area contributed by atoms with Crippen LogP contribution in [0, 0.1) is 13.8 Å². The average molecular weight is 504 g/mol. The molecule has 1 aromatic carbocycles. The summed E-state index contributed by atoms with van der Waals surface area (Å²) in [6.07, 6.45) is 3.03. The number of anilines is 1. The number of halogens is 2. The van der Waals surface area contributed by atoms with Crippen LogP contribution in [0.25, 0.3) is 10.9 Å². The lowest BCUT2D eigenvalue weighted by molar-refractivity contribution is 0.0614. The van der Waals surface area contributed by atoms with Crippen molar-refractivity contribution < 1.29 is 23.0 Å². The first kappa shape index (κ1) is 25.6. The van der Waals surface area contributed by atoms with E-state index in [1.165, 1.54) is 19.4 Å². The molecule has 11 heteroatoms. The van der Waals surface area contributed by atoms with E-state index in [4.69, 9.17) is 9.47 Å². The molecule has 3 aromatic rings. The van der Waals surface area contributed by atoms with Crippen molar-refractivity contribution in [2.45, 2.75) is 52.7 Å². The number of H-pyrrole nitrogens is 1. The number of fused-ring (bicyclic) bond motifs is 1. The van der Waals surface area contributed by atoms with E-state index in [-0.39, 0.29) is 34.8 Å². The third kappa shape index (κ3) is 4.79. The number of ether oxygens (including phenoxy) is 2. The topological polar surface area (TPSA) is 101 Å². The molecule has 0 atom stereocenters. The van der Waals surface area contributed by atoms with Crippen LogP contribution >= 0.6 is 0 Å². The molecule has 2 N–H and O–H groups in total. The highest BCUT2D eigenvalue weighted by Crippen LogP contribution is 2.37. The van der Waals surface area contributed by atoms with Crippen molar-refractivity contribution in [1.82, 2.24) is 20.1 Å². The van der Waals surface area contributed by atoms with Crippen LogP contribution in [0.3, 0.4) is 0 Å². The lowest BCUT2D eigenvalue weighted by Crippen LogP contribution is -2.40. The standard InChI is InChI=1S/C25H31F2N5O4/c1-5-31(16-6-8-36-9-7-16)22-15(3)17(11-20-18(22)13-29-32(20)25(26)27)23(33)28-12-19-21(35-4)10-14(2)30-24(19)34/h10-11,13,16,25H,5-9,12H2,1-4H3,(H,28,33)(H,30,34). The largest absolute Gasteiger partial charge is 0.496 e. The molecule has 9 nitrogen and oxygen atoms in total. The Balaban J connectivity index is 1.77. The number of amides is 1. The minimum Gasteiger partial charge on any atom is -0.496 e. The summed E-state index contributed by atoms with van der Waals surface area (Å²) < 4.78 is 39.0. The number of alkyl halides is 2. The first-order chi connectivity index (χ1) is 17.3. The Labute approximate surface area is 207 Å². The SMILES string of the molecule is CCN(c1c(C)c(C(=O)NCc2c(OC)cc(C)[nH]c2=O)cc2c1cnn2C(F)F)C1CCOCC1. The second-order valence-corrected chi connectivity index (χ2v) is 8.84. The van der Waals surface area contributed by atoms with Gasteiger partial charge in [-0.05, 0) is 51.3 Å². The molecular formula is C25H31F2N5O4. The highest BCUT2D eigenvalue weighted by Gasteiger charge is 2.28. The highest BCUT2D eigenvalue weighted by molar-refractivity contribution is 6.05. The highest BCUT2D eigenvalue weighted by atomic mass is 19.3. The number of carbonyl (C=O) groups excluding carboxylic acids is 1. The minimum atomic E-state index is -2.86. The Kier molecular flexibility index (Phi) is 7.58. The fraction of sp³-hybridized carbons (Fsp3) is 0.480. The maximum Gasteiger partial charge on any atom is 0.333 e. The van der Waals surface area contributed by atoms with Gasteiger partial charge in [0.15, 0.2) is 0 Å². The van der Waals surface area contributed by atoms with Crippen LogP contribution in [0.2, 0.25) is 0 Å². The van der Waals surface area contributed by atoms with Gasteiger partial charge in [0, 0.05) is 42.4 Å². The Morgan fingerprint density at radius 2 is 2.06 bits per heavy atom. The van der Waals surface area contributed by atoms with Crippen LogP contribution < -0.4 is 20.5 Å². The molecule has 3 heterocycles. The molecule has 2 aromatic heterocycles. The van der Waals surface area contributed by atoms with Crippen LogP contribution in [-0.4, -0.2) is 53.6 Å². The van der Waals surface area contributed by atoms with Crippen LogP contribution in [0.15, 0.2) is 23.1 Å². The smallest absolute Gasteiger partial charge is 0.333 e. The van der Waals surface area contributed by atoms with Crippen molar-refractivity contribution >= 4 is 22.5 Å². The summed E-state index contributed by atoms with van der Waals surface area (Å²) in [7, 11) is 1.45. The fourth-order valence-corrected chi connectivity index (χ4v) is 4.93. The molecule has 194 valence electrons. The van der Waals surface area contributed by atoms with E-state index in [0.717, 1.165) is 12.8 Å². The van der Waals surface area contributed by atoms with E-state index < -0.39 is 12.5 Å². The molecule has 0 spiro atoms. The number of aromatic nitrogens is 3. The van der Waals surface area contributed by atoms with Crippen molar-refractivity contribution in [2.24, 2.45) is 0 Å². The quantitative estimate of drug-likeness (QED) is 0.486. The molecule has 1 aliphatic rings. The monoisotopic (exact) mass is 503 g/mol. The summed E-state index contributed by atoms with van der Waals surface area (Å²) in [4.78, 5) is 30.7. The van der Waals surface area contributed by atoms with Gasteiger partial charge in [-0.1, -0.05) is 0 Å². The van der Waals surface area contributed by atoms with Crippen LogP contribution in [0.1, 0.15) is 53.5 Å². The normalized spacial score (nSPS) is 14.4. The molecule has 0 aliphatic carbocycles. The molecule has 1 amide bonds. The molecule has 0 radical (unpaired) electrons. The Morgan fingerprint density at radius 3 is 2.69 bits per heavy atom. The van der Waals surface area contributed by atoms with Crippen molar-refractivity contribution in [1.29, 1.82) is 0 Å². The molecule has 1 aliphatic heterocycles. The summed E-state index contributed by atoms with van der Waals surface area (Å²) in [6.45, 7) is 4.46. The van der Waals surface area contributed by atoms with Gasteiger partial charge in [-0.3, -0.25) is 9.59 Å². The number of benzene rings is 1. The van der Waals surface area contributed by atoms with E-state index in [0.29, 0.717) is 52.5 Å². The number of aryl methyl sites for hydroxylation is 1. The van der Waals surface area contributed by atoms with E-state index in [1.54, 1.807) is 13.0 Å². The van der Waals surface area contributed by atoms with E-state index in [2.05, 4.69) is 20.3 Å². The number of carbonyl (C=O) groups is 1. The molecule has 0 bridgehead atoms. The molecule has 0 unspecified atom stereocenters. The maximum absolute atomic E-state index is 13.8. The summed E-state index contributed by atoms with van der Waals surface area (Å²) in [6, 6.07) is 3.26. The van der Waals surface area contributed by atoms with Crippen molar-refractivity contribution in [2.75, 3.05) is 31.8 Å². The number of methoxy groups -OCH3 is 1. The number of nitrogens with one attached hydrogen (secondary N) is 2. The zero-order valence-corrected chi connectivity index (χ0v) is 20.9. The minimum absolute atomic E-state index is 0.0873. The Hall–Kier alpha value is -3.47. The summed E-state index contributed by atoms with van der Waals surface area (Å²) >= 11 is 0. The van der Waals surface area contributed by atoms with E-state index in [9.17, 15) is 18.4 Å². The van der Waals surface area contributed by atoms with Gasteiger partial charge in [-0.15, -0.1) is 0 Å². The number of nitrogens with zero attached hydrogens (tertiary/aromatic N) is 3. The second-order valence-electron chi connectivity index (χ2n) is 8.84. The third-order valence-electron chi connectivity index (χ3n) is 6.69. The number of aromatic amines is 1. The first-order valence-electron chi connectivity index (χ1n) is 11.9. The lowest BCUT2D eigenvalue weighted by atomic mass is 9.98. The van der Waals surface area contributed by atoms with Gasteiger partial charge in [-0.25, -0.2) is 4.68 Å². The zero-order valence-electron chi connectivity index (χ0n) is 20.9. The summed E-state index contributed by atoms with van der Waals surface area (Å²) in [5.74, 6) is -0.125. The predicted molar refractivity (Wildman–Crippen MR) is 132 cm³/mol. The van der Waals surface area contributed by atoms with Crippen LogP contribution in [0.4, 0.5) is 14.5 Å². The van der Waals surface area contributed by atoms with Gasteiger partial charge in [0.1, 0.15) is 5.75 Å². The number of hydrogen-bond acceptors (Lipinski definition) is 6. The molecular weight excluding hydrogens is 472 g/mol.